The van der Waals surface area contributed by atoms with Gasteiger partial charge in [-0.15, -0.1) is 0 Å². The van der Waals surface area contributed by atoms with Crippen LogP contribution in [0.4, 0.5) is 0 Å². The van der Waals surface area contributed by atoms with Gasteiger partial charge in [0.15, 0.2) is 28.8 Å². The lowest BCUT2D eigenvalue weighted by Crippen LogP contribution is -2.08. The molecule has 3 rings (SSSR count). The maximum Gasteiger partial charge on any atom is 0.185 e. The minimum absolute atomic E-state index is 0.00844. The highest BCUT2D eigenvalue weighted by atomic mass is 16.5. The number of benzene rings is 2. The van der Waals surface area contributed by atoms with E-state index in [1.54, 1.807) is 31.4 Å². The van der Waals surface area contributed by atoms with Crippen LogP contribution in [0.3, 0.4) is 0 Å². The Balaban J connectivity index is 1.84. The number of hydrogen-bond donors (Lipinski definition) is 0. The highest BCUT2D eigenvalue weighted by Crippen LogP contribution is 2.33. The summed E-state index contributed by atoms with van der Waals surface area (Å²) in [5.41, 5.74) is 1.33. The number of carbonyl (C=O) groups excluding carboxylic acids is 1. The van der Waals surface area contributed by atoms with Crippen molar-refractivity contribution in [2.24, 2.45) is 0 Å². The fraction of sp³-hybridized carbons (Fsp3) is 0.318. The van der Waals surface area contributed by atoms with E-state index in [1.807, 2.05) is 32.0 Å². The molecule has 0 spiro atoms. The van der Waals surface area contributed by atoms with Crippen molar-refractivity contribution in [2.45, 2.75) is 26.4 Å². The molecule has 0 saturated carbocycles. The molecule has 0 bridgehead atoms. The topological polar surface area (TPSA) is 54.0 Å². The van der Waals surface area contributed by atoms with Crippen molar-refractivity contribution in [1.82, 2.24) is 0 Å². The monoisotopic (exact) mass is 368 g/mol. The van der Waals surface area contributed by atoms with Gasteiger partial charge < -0.3 is 18.9 Å². The second-order valence-corrected chi connectivity index (χ2v) is 6.45. The van der Waals surface area contributed by atoms with Crippen LogP contribution in [0.2, 0.25) is 0 Å². The highest BCUT2D eigenvalue weighted by Gasteiger charge is 2.14. The van der Waals surface area contributed by atoms with Gasteiger partial charge >= 0.3 is 0 Å². The normalized spacial score (nSPS) is 13.5. The van der Waals surface area contributed by atoms with Crippen molar-refractivity contribution in [1.29, 1.82) is 0 Å². The second kappa shape index (κ2) is 8.62. The van der Waals surface area contributed by atoms with Gasteiger partial charge in [-0.25, -0.2) is 0 Å². The SMILES string of the molecule is COc1cccc(/C=C/C(=O)c2ccc3c(c2)OCCCO3)c1OC(C)C. The summed E-state index contributed by atoms with van der Waals surface area (Å²) in [6.07, 6.45) is 4.09. The zero-order valence-electron chi connectivity index (χ0n) is 15.9. The number of hydrogen-bond acceptors (Lipinski definition) is 5. The summed E-state index contributed by atoms with van der Waals surface area (Å²) in [4.78, 5) is 12.6. The predicted molar refractivity (Wildman–Crippen MR) is 104 cm³/mol. The smallest absolute Gasteiger partial charge is 0.185 e. The average molecular weight is 368 g/mol. The molecule has 27 heavy (non-hydrogen) atoms. The van der Waals surface area contributed by atoms with Gasteiger partial charge in [-0.3, -0.25) is 4.79 Å². The number of fused-ring (bicyclic) bond motifs is 1. The van der Waals surface area contributed by atoms with Crippen LogP contribution < -0.4 is 18.9 Å². The third kappa shape index (κ3) is 4.61. The molecule has 0 amide bonds. The predicted octanol–water partition coefficient (Wildman–Crippen LogP) is 4.54. The van der Waals surface area contributed by atoms with Crippen LogP contribution in [-0.2, 0) is 0 Å². The number of ketones is 1. The Labute approximate surface area is 159 Å². The van der Waals surface area contributed by atoms with Crippen molar-refractivity contribution < 1.29 is 23.7 Å². The van der Waals surface area contributed by atoms with Gasteiger partial charge in [-0.2, -0.15) is 0 Å². The molecular formula is C22H24O5. The van der Waals surface area contributed by atoms with Gasteiger partial charge in [0.25, 0.3) is 0 Å². The van der Waals surface area contributed by atoms with Crippen molar-refractivity contribution in [3.8, 4) is 23.0 Å². The van der Waals surface area contributed by atoms with Crippen LogP contribution in [0.1, 0.15) is 36.2 Å². The molecular weight excluding hydrogens is 344 g/mol. The highest BCUT2D eigenvalue weighted by molar-refractivity contribution is 6.07. The molecule has 2 aromatic rings. The first-order valence-corrected chi connectivity index (χ1v) is 9.04. The first-order chi connectivity index (χ1) is 13.1. The zero-order chi connectivity index (χ0) is 19.2. The summed E-state index contributed by atoms with van der Waals surface area (Å²) in [6.45, 7) is 5.10. The van der Waals surface area contributed by atoms with E-state index < -0.39 is 0 Å². The van der Waals surface area contributed by atoms with Crippen molar-refractivity contribution in [3.63, 3.8) is 0 Å². The van der Waals surface area contributed by atoms with Gasteiger partial charge in [-0.05, 0) is 50.3 Å². The lowest BCUT2D eigenvalue weighted by atomic mass is 10.1. The number of allylic oxidation sites excluding steroid dienone is 1. The van der Waals surface area contributed by atoms with Crippen LogP contribution in [0, 0.1) is 0 Å². The minimum Gasteiger partial charge on any atom is -0.493 e. The van der Waals surface area contributed by atoms with Gasteiger partial charge in [0, 0.05) is 17.5 Å². The van der Waals surface area contributed by atoms with Crippen LogP contribution >= 0.6 is 0 Å². The van der Waals surface area contributed by atoms with Crippen LogP contribution in [0.25, 0.3) is 6.08 Å². The summed E-state index contributed by atoms with van der Waals surface area (Å²) in [5, 5.41) is 0. The van der Waals surface area contributed by atoms with E-state index in [9.17, 15) is 4.79 Å². The summed E-state index contributed by atoms with van der Waals surface area (Å²) in [5.74, 6) is 2.42. The standard InChI is InChI=1S/C22H24O5/c1-15(2)27-22-16(6-4-7-20(22)24-3)8-10-18(23)17-9-11-19-21(14-17)26-13-5-12-25-19/h4,6-11,14-15H,5,12-13H2,1-3H3/b10-8+. The molecule has 0 unspecified atom stereocenters. The third-order valence-electron chi connectivity index (χ3n) is 4.03. The molecule has 1 heterocycles. The quantitative estimate of drug-likeness (QED) is 0.553. The molecule has 0 aromatic heterocycles. The molecule has 0 fully saturated rings. The lowest BCUT2D eigenvalue weighted by Gasteiger charge is -2.15. The summed E-state index contributed by atoms with van der Waals surface area (Å²) >= 11 is 0. The van der Waals surface area contributed by atoms with E-state index in [1.165, 1.54) is 6.08 Å². The largest absolute Gasteiger partial charge is 0.493 e. The maximum atomic E-state index is 12.6. The number of carbonyl (C=O) groups is 1. The van der Waals surface area contributed by atoms with E-state index in [4.69, 9.17) is 18.9 Å². The van der Waals surface area contributed by atoms with Crippen LogP contribution in [-0.4, -0.2) is 32.2 Å². The molecule has 2 aromatic carbocycles. The van der Waals surface area contributed by atoms with E-state index in [0.717, 1.165) is 12.0 Å². The van der Waals surface area contributed by atoms with E-state index in [2.05, 4.69) is 0 Å². The van der Waals surface area contributed by atoms with Crippen LogP contribution in [0.15, 0.2) is 42.5 Å². The van der Waals surface area contributed by atoms with Crippen molar-refractivity contribution >= 4 is 11.9 Å². The molecule has 1 aliphatic rings. The number of methoxy groups -OCH3 is 1. The Kier molecular flexibility index (Phi) is 6.01. The van der Waals surface area contributed by atoms with Crippen molar-refractivity contribution in [2.75, 3.05) is 20.3 Å². The van der Waals surface area contributed by atoms with E-state index in [0.29, 0.717) is 41.8 Å². The summed E-state index contributed by atoms with van der Waals surface area (Å²) in [7, 11) is 1.60. The van der Waals surface area contributed by atoms with E-state index >= 15 is 0 Å². The first-order valence-electron chi connectivity index (χ1n) is 9.04. The molecule has 0 radical (unpaired) electrons. The molecule has 5 heteroatoms. The number of para-hydroxylation sites is 1. The Morgan fingerprint density at radius 2 is 1.89 bits per heavy atom. The second-order valence-electron chi connectivity index (χ2n) is 6.45. The fourth-order valence-corrected chi connectivity index (χ4v) is 2.76. The Morgan fingerprint density at radius 1 is 1.11 bits per heavy atom. The fourth-order valence-electron chi connectivity index (χ4n) is 2.76. The molecule has 142 valence electrons. The minimum atomic E-state index is -0.121. The van der Waals surface area contributed by atoms with Gasteiger partial charge in [0.2, 0.25) is 0 Å². The maximum absolute atomic E-state index is 12.6. The van der Waals surface area contributed by atoms with Crippen molar-refractivity contribution in [3.05, 3.63) is 53.6 Å². The molecule has 0 N–H and O–H groups in total. The Bertz CT molecular complexity index is 839. The zero-order valence-corrected chi connectivity index (χ0v) is 15.9. The number of rotatable bonds is 6. The number of ether oxygens (including phenoxy) is 4. The van der Waals surface area contributed by atoms with Gasteiger partial charge in [0.1, 0.15) is 0 Å². The molecule has 1 aliphatic heterocycles. The average Bonchev–Trinajstić information content (AvgIpc) is 2.91. The Hall–Kier alpha value is -2.95. The molecule has 0 aliphatic carbocycles. The van der Waals surface area contributed by atoms with Gasteiger partial charge in [-0.1, -0.05) is 12.1 Å². The third-order valence-corrected chi connectivity index (χ3v) is 4.03. The lowest BCUT2D eigenvalue weighted by molar-refractivity contribution is 0.104. The molecule has 5 nitrogen and oxygen atoms in total. The molecule has 0 atom stereocenters. The summed E-state index contributed by atoms with van der Waals surface area (Å²) in [6, 6.07) is 10.8. The van der Waals surface area contributed by atoms with Crippen LogP contribution in [0.5, 0.6) is 23.0 Å². The molecule has 0 saturated heterocycles. The van der Waals surface area contributed by atoms with E-state index in [-0.39, 0.29) is 11.9 Å². The Morgan fingerprint density at radius 3 is 2.63 bits per heavy atom. The first kappa shape index (κ1) is 18.8. The summed E-state index contributed by atoms with van der Waals surface area (Å²) < 4.78 is 22.5. The van der Waals surface area contributed by atoms with Gasteiger partial charge in [0.05, 0.1) is 26.4 Å².